The summed E-state index contributed by atoms with van der Waals surface area (Å²) in [5, 5.41) is 14.7. The minimum Gasteiger partial charge on any atom is -0.481 e. The molecule has 0 heterocycles. The maximum Gasteiger partial charge on any atom is 0.305 e. The summed E-state index contributed by atoms with van der Waals surface area (Å²) in [6, 6.07) is 6.68. The van der Waals surface area contributed by atoms with Crippen molar-refractivity contribution in [1.29, 1.82) is 0 Å². The summed E-state index contributed by atoms with van der Waals surface area (Å²) in [4.78, 5) is 34.9. The van der Waals surface area contributed by atoms with E-state index in [4.69, 9.17) is 5.11 Å². The fourth-order valence-electron chi connectivity index (χ4n) is 2.85. The molecule has 0 spiro atoms. The fourth-order valence-corrected chi connectivity index (χ4v) is 2.85. The third-order valence-corrected chi connectivity index (χ3v) is 4.54. The van der Waals surface area contributed by atoms with E-state index in [1.165, 1.54) is 0 Å². The Morgan fingerprint density at radius 2 is 1.78 bits per heavy atom. The zero-order chi connectivity index (χ0) is 16.4. The number of carboxylic acid groups (broad SMARTS) is 1. The van der Waals surface area contributed by atoms with Crippen LogP contribution < -0.4 is 10.6 Å². The Bertz CT molecular complexity index is 630. The molecule has 0 aromatic heterocycles. The van der Waals surface area contributed by atoms with Gasteiger partial charge in [-0.1, -0.05) is 0 Å². The Balaban J connectivity index is 1.60. The smallest absolute Gasteiger partial charge is 0.305 e. The molecule has 0 radical (unpaired) electrons. The summed E-state index contributed by atoms with van der Waals surface area (Å²) in [6.45, 7) is 0. The highest BCUT2D eigenvalue weighted by Gasteiger charge is 2.40. The van der Waals surface area contributed by atoms with E-state index in [-0.39, 0.29) is 24.2 Å². The van der Waals surface area contributed by atoms with Gasteiger partial charge in [0.05, 0.1) is 12.0 Å². The zero-order valence-corrected chi connectivity index (χ0v) is 12.8. The van der Waals surface area contributed by atoms with Crippen LogP contribution in [-0.4, -0.2) is 28.4 Å². The minimum atomic E-state index is -0.900. The van der Waals surface area contributed by atoms with Gasteiger partial charge < -0.3 is 15.7 Å². The molecule has 2 aliphatic carbocycles. The number of amides is 2. The number of carbonyl (C=O) groups is 3. The predicted octanol–water partition coefficient (Wildman–Crippen LogP) is 2.16. The number of carbonyl (C=O) groups excluding carboxylic acids is 2. The quantitative estimate of drug-likeness (QED) is 0.749. The van der Waals surface area contributed by atoms with Gasteiger partial charge in [-0.3, -0.25) is 14.4 Å². The lowest BCUT2D eigenvalue weighted by molar-refractivity contribution is -0.139. The van der Waals surface area contributed by atoms with Crippen molar-refractivity contribution in [2.24, 2.45) is 5.92 Å². The van der Waals surface area contributed by atoms with Gasteiger partial charge in [-0.2, -0.15) is 0 Å². The van der Waals surface area contributed by atoms with Crippen LogP contribution in [0.5, 0.6) is 0 Å². The molecule has 122 valence electrons. The van der Waals surface area contributed by atoms with Crippen LogP contribution in [0.15, 0.2) is 24.3 Å². The Morgan fingerprint density at radius 3 is 2.26 bits per heavy atom. The Labute approximate surface area is 134 Å². The summed E-state index contributed by atoms with van der Waals surface area (Å²) in [6.07, 6.45) is 4.16. The molecular weight excluding hydrogens is 296 g/mol. The molecule has 2 fully saturated rings. The average molecular weight is 316 g/mol. The maximum atomic E-state index is 12.3. The van der Waals surface area contributed by atoms with Crippen molar-refractivity contribution in [3.8, 4) is 0 Å². The summed E-state index contributed by atoms with van der Waals surface area (Å²) in [7, 11) is 0. The standard InChI is InChI=1S/C17H20N2O4/c20-14(21)10-17(8-1-9-17)19-16(23)12-4-6-13(7-5-12)18-15(22)11-2-3-11/h4-7,11H,1-3,8-10H2,(H,18,22)(H,19,23)(H,20,21). The molecule has 3 N–H and O–H groups in total. The van der Waals surface area contributed by atoms with Crippen molar-refractivity contribution in [3.05, 3.63) is 29.8 Å². The van der Waals surface area contributed by atoms with E-state index in [0.717, 1.165) is 19.3 Å². The van der Waals surface area contributed by atoms with E-state index >= 15 is 0 Å². The van der Waals surface area contributed by atoms with E-state index < -0.39 is 11.5 Å². The van der Waals surface area contributed by atoms with Gasteiger partial charge in [0.1, 0.15) is 0 Å². The van der Waals surface area contributed by atoms with E-state index in [1.807, 2.05) is 0 Å². The number of rotatable bonds is 6. The van der Waals surface area contributed by atoms with E-state index in [9.17, 15) is 14.4 Å². The molecule has 0 saturated heterocycles. The van der Waals surface area contributed by atoms with Gasteiger partial charge in [-0.25, -0.2) is 0 Å². The first-order valence-electron chi connectivity index (χ1n) is 7.93. The van der Waals surface area contributed by atoms with Gasteiger partial charge in [-0.05, 0) is 56.4 Å². The molecule has 0 unspecified atom stereocenters. The highest BCUT2D eigenvalue weighted by molar-refractivity contribution is 5.97. The second-order valence-electron chi connectivity index (χ2n) is 6.50. The van der Waals surface area contributed by atoms with Gasteiger partial charge >= 0.3 is 5.97 Å². The lowest BCUT2D eigenvalue weighted by Crippen LogP contribution is -2.54. The first kappa shape index (κ1) is 15.5. The van der Waals surface area contributed by atoms with Gasteiger partial charge in [0.15, 0.2) is 0 Å². The molecule has 3 rings (SSSR count). The molecule has 0 aliphatic heterocycles. The van der Waals surface area contributed by atoms with E-state index in [1.54, 1.807) is 24.3 Å². The molecule has 6 heteroatoms. The molecule has 2 amide bonds. The predicted molar refractivity (Wildman–Crippen MR) is 84.1 cm³/mol. The van der Waals surface area contributed by atoms with Crippen LogP contribution in [0.4, 0.5) is 5.69 Å². The van der Waals surface area contributed by atoms with Crippen LogP contribution in [0.25, 0.3) is 0 Å². The van der Waals surface area contributed by atoms with Crippen molar-refractivity contribution in [3.63, 3.8) is 0 Å². The summed E-state index contributed by atoms with van der Waals surface area (Å²) in [5.74, 6) is -1.02. The molecule has 0 atom stereocenters. The fraction of sp³-hybridized carbons (Fsp3) is 0.471. The SMILES string of the molecule is O=C(O)CC1(NC(=O)c2ccc(NC(=O)C3CC3)cc2)CCC1. The third kappa shape index (κ3) is 3.70. The number of anilines is 1. The third-order valence-electron chi connectivity index (χ3n) is 4.54. The van der Waals surface area contributed by atoms with Crippen molar-refractivity contribution in [1.82, 2.24) is 5.32 Å². The Hall–Kier alpha value is -2.37. The number of benzene rings is 1. The van der Waals surface area contributed by atoms with Crippen LogP contribution >= 0.6 is 0 Å². The van der Waals surface area contributed by atoms with Gasteiger partial charge in [0.25, 0.3) is 5.91 Å². The second-order valence-corrected chi connectivity index (χ2v) is 6.50. The molecule has 2 aliphatic rings. The lowest BCUT2D eigenvalue weighted by atomic mass is 9.74. The minimum absolute atomic E-state index is 0.0251. The van der Waals surface area contributed by atoms with Crippen LogP contribution in [0.3, 0.4) is 0 Å². The number of nitrogens with one attached hydrogen (secondary N) is 2. The first-order valence-corrected chi connectivity index (χ1v) is 7.93. The van der Waals surface area contributed by atoms with Crippen LogP contribution in [-0.2, 0) is 9.59 Å². The monoisotopic (exact) mass is 316 g/mol. The van der Waals surface area contributed by atoms with E-state index in [0.29, 0.717) is 24.1 Å². The highest BCUT2D eigenvalue weighted by Crippen LogP contribution is 2.35. The molecule has 1 aromatic carbocycles. The molecular formula is C17H20N2O4. The maximum absolute atomic E-state index is 12.3. The topological polar surface area (TPSA) is 95.5 Å². The van der Waals surface area contributed by atoms with Gasteiger partial charge in [0, 0.05) is 17.2 Å². The number of hydrogen-bond donors (Lipinski definition) is 3. The molecule has 6 nitrogen and oxygen atoms in total. The Kier molecular flexibility index (Phi) is 4.07. The Morgan fingerprint density at radius 1 is 1.13 bits per heavy atom. The van der Waals surface area contributed by atoms with Crippen molar-refractivity contribution in [2.45, 2.75) is 44.1 Å². The summed E-state index contributed by atoms with van der Waals surface area (Å²) >= 11 is 0. The molecule has 0 bridgehead atoms. The molecule has 23 heavy (non-hydrogen) atoms. The largest absolute Gasteiger partial charge is 0.481 e. The second kappa shape index (κ2) is 6.02. The lowest BCUT2D eigenvalue weighted by Gasteiger charge is -2.41. The summed E-state index contributed by atoms with van der Waals surface area (Å²) < 4.78 is 0. The van der Waals surface area contributed by atoms with Crippen molar-refractivity contribution < 1.29 is 19.5 Å². The van der Waals surface area contributed by atoms with Crippen LogP contribution in [0, 0.1) is 5.92 Å². The number of aliphatic carboxylic acids is 1. The highest BCUT2D eigenvalue weighted by atomic mass is 16.4. The first-order chi connectivity index (χ1) is 11.0. The van der Waals surface area contributed by atoms with E-state index in [2.05, 4.69) is 10.6 Å². The van der Waals surface area contributed by atoms with Gasteiger partial charge in [-0.15, -0.1) is 0 Å². The van der Waals surface area contributed by atoms with Crippen molar-refractivity contribution in [2.75, 3.05) is 5.32 Å². The average Bonchev–Trinajstić information content (AvgIpc) is 3.29. The van der Waals surface area contributed by atoms with Gasteiger partial charge in [0.2, 0.25) is 5.91 Å². The van der Waals surface area contributed by atoms with Crippen LogP contribution in [0.1, 0.15) is 48.9 Å². The normalized spacial score (nSPS) is 18.6. The molecule has 1 aromatic rings. The number of hydrogen-bond acceptors (Lipinski definition) is 3. The zero-order valence-electron chi connectivity index (χ0n) is 12.8. The number of carboxylic acids is 1. The summed E-state index contributed by atoms with van der Waals surface area (Å²) in [5.41, 5.74) is 0.523. The van der Waals surface area contributed by atoms with Crippen LogP contribution in [0.2, 0.25) is 0 Å². The van der Waals surface area contributed by atoms with Crippen molar-refractivity contribution >= 4 is 23.5 Å². The molecule has 2 saturated carbocycles.